The topological polar surface area (TPSA) is 70.0 Å². The Morgan fingerprint density at radius 2 is 2.05 bits per heavy atom. The lowest BCUT2D eigenvalue weighted by Crippen LogP contribution is -2.22. The first kappa shape index (κ1) is 13.9. The van der Waals surface area contributed by atoms with E-state index in [0.717, 1.165) is 0 Å². The number of rotatable bonds is 3. The number of hydrogen-bond acceptors (Lipinski definition) is 5. The molecule has 2 atom stereocenters. The molecule has 2 rings (SSSR count). The number of carbonyl (C=O) groups excluding carboxylic acids is 1. The van der Waals surface area contributed by atoms with E-state index < -0.39 is 24.0 Å². The Bertz CT molecular complexity index is 470. The van der Waals surface area contributed by atoms with Gasteiger partial charge in [0.05, 0.1) is 24.9 Å². The first-order valence-electron chi connectivity index (χ1n) is 5.96. The number of ether oxygens (including phenoxy) is 1. The summed E-state index contributed by atoms with van der Waals surface area (Å²) in [6.45, 7) is 1.11. The highest BCUT2D eigenvalue weighted by Gasteiger charge is 2.29. The third-order valence-corrected chi connectivity index (χ3v) is 3.18. The molecule has 104 valence electrons. The molecule has 0 amide bonds. The zero-order valence-electron chi connectivity index (χ0n) is 10.5. The number of esters is 1. The van der Waals surface area contributed by atoms with Crippen molar-refractivity contribution in [2.24, 2.45) is 0 Å². The summed E-state index contributed by atoms with van der Waals surface area (Å²) in [5.41, 5.74) is 0.569. The summed E-state index contributed by atoms with van der Waals surface area (Å²) < 4.78 is 18.2. The number of benzene rings is 1. The molecule has 1 heterocycles. The second kappa shape index (κ2) is 5.64. The lowest BCUT2D eigenvalue weighted by Gasteiger charge is -2.15. The number of methoxy groups -OCH3 is 1. The molecule has 0 spiro atoms. The van der Waals surface area contributed by atoms with E-state index in [1.165, 1.54) is 19.2 Å². The van der Waals surface area contributed by atoms with Crippen LogP contribution in [0, 0.1) is 5.82 Å². The van der Waals surface area contributed by atoms with E-state index >= 15 is 0 Å². The minimum Gasteiger partial charge on any atom is -0.465 e. The van der Waals surface area contributed by atoms with Gasteiger partial charge in [-0.15, -0.1) is 0 Å². The zero-order chi connectivity index (χ0) is 14.0. The molecule has 0 radical (unpaired) electrons. The van der Waals surface area contributed by atoms with Gasteiger partial charge in [0.2, 0.25) is 0 Å². The van der Waals surface area contributed by atoms with Crippen molar-refractivity contribution in [3.8, 4) is 0 Å². The van der Waals surface area contributed by atoms with Gasteiger partial charge >= 0.3 is 5.97 Å². The molecule has 5 nitrogen and oxygen atoms in total. The number of likely N-dealkylation sites (tertiary alicyclic amines) is 1. The minimum absolute atomic E-state index is 0.104. The van der Waals surface area contributed by atoms with E-state index in [2.05, 4.69) is 4.74 Å². The molecule has 1 fully saturated rings. The number of aliphatic hydroxyl groups excluding tert-OH is 2. The van der Waals surface area contributed by atoms with Gasteiger partial charge in [-0.2, -0.15) is 0 Å². The molecule has 1 aliphatic heterocycles. The first-order valence-corrected chi connectivity index (χ1v) is 5.96. The number of aliphatic hydroxyl groups is 2. The highest BCUT2D eigenvalue weighted by atomic mass is 19.1. The van der Waals surface area contributed by atoms with Gasteiger partial charge in [-0.05, 0) is 17.7 Å². The first-order chi connectivity index (χ1) is 9.01. The lowest BCUT2D eigenvalue weighted by atomic mass is 10.1. The Balaban J connectivity index is 2.06. The van der Waals surface area contributed by atoms with Crippen LogP contribution < -0.4 is 0 Å². The molecule has 1 saturated heterocycles. The predicted octanol–water partition coefficient (Wildman–Crippen LogP) is 0.150. The average Bonchev–Trinajstić information content (AvgIpc) is 2.67. The quantitative estimate of drug-likeness (QED) is 0.764. The van der Waals surface area contributed by atoms with E-state index in [9.17, 15) is 19.4 Å². The summed E-state index contributed by atoms with van der Waals surface area (Å²) >= 11 is 0. The molecule has 1 aromatic carbocycles. The Kier molecular flexibility index (Phi) is 4.14. The van der Waals surface area contributed by atoms with Crippen LogP contribution in [0.4, 0.5) is 4.39 Å². The number of β-amino-alcohol motifs (C(OH)–C–C–N with tert-alkyl or cyclic N) is 2. The Hall–Kier alpha value is -1.50. The Labute approximate surface area is 110 Å². The monoisotopic (exact) mass is 269 g/mol. The molecule has 19 heavy (non-hydrogen) atoms. The Morgan fingerprint density at radius 3 is 2.58 bits per heavy atom. The molecular weight excluding hydrogens is 253 g/mol. The molecule has 1 aromatic rings. The van der Waals surface area contributed by atoms with Crippen LogP contribution in [0.25, 0.3) is 0 Å². The highest BCUT2D eigenvalue weighted by molar-refractivity contribution is 5.89. The maximum Gasteiger partial charge on any atom is 0.340 e. The average molecular weight is 269 g/mol. The molecule has 2 N–H and O–H groups in total. The largest absolute Gasteiger partial charge is 0.465 e. The van der Waals surface area contributed by atoms with Crippen LogP contribution in [0.2, 0.25) is 0 Å². The summed E-state index contributed by atoms with van der Waals surface area (Å²) in [5.74, 6) is -1.35. The van der Waals surface area contributed by atoms with Gasteiger partial charge in [-0.3, -0.25) is 4.90 Å². The third-order valence-electron chi connectivity index (χ3n) is 3.18. The van der Waals surface area contributed by atoms with Crippen molar-refractivity contribution >= 4 is 5.97 Å². The molecule has 0 aromatic heterocycles. The van der Waals surface area contributed by atoms with Crippen molar-refractivity contribution in [2.75, 3.05) is 20.2 Å². The molecule has 0 bridgehead atoms. The van der Waals surface area contributed by atoms with Crippen LogP contribution in [-0.4, -0.2) is 53.5 Å². The van der Waals surface area contributed by atoms with E-state index in [-0.39, 0.29) is 5.56 Å². The van der Waals surface area contributed by atoms with Gasteiger partial charge in [0.1, 0.15) is 5.82 Å². The second-order valence-electron chi connectivity index (χ2n) is 4.63. The van der Waals surface area contributed by atoms with Crippen molar-refractivity contribution in [3.63, 3.8) is 0 Å². The summed E-state index contributed by atoms with van der Waals surface area (Å²) in [4.78, 5) is 13.1. The van der Waals surface area contributed by atoms with Crippen LogP contribution in [0.5, 0.6) is 0 Å². The SMILES string of the molecule is COC(=O)c1ccc(CN2CC(O)C(O)C2)cc1F. The van der Waals surface area contributed by atoms with Gasteiger partial charge in [0, 0.05) is 19.6 Å². The minimum atomic E-state index is -0.765. The molecule has 0 saturated carbocycles. The molecule has 6 heteroatoms. The molecule has 2 unspecified atom stereocenters. The van der Waals surface area contributed by atoms with Gasteiger partial charge in [-0.1, -0.05) is 6.07 Å². The second-order valence-corrected chi connectivity index (χ2v) is 4.63. The highest BCUT2D eigenvalue weighted by Crippen LogP contribution is 2.17. The van der Waals surface area contributed by atoms with Crippen molar-refractivity contribution in [1.82, 2.24) is 4.90 Å². The number of carbonyl (C=O) groups is 1. The van der Waals surface area contributed by atoms with Crippen molar-refractivity contribution in [3.05, 3.63) is 35.1 Å². The lowest BCUT2D eigenvalue weighted by molar-refractivity contribution is 0.0572. The fraction of sp³-hybridized carbons (Fsp3) is 0.462. The van der Waals surface area contributed by atoms with Crippen molar-refractivity contribution < 1.29 is 24.1 Å². The normalized spacial score (nSPS) is 23.6. The summed E-state index contributed by atoms with van der Waals surface area (Å²) in [7, 11) is 1.20. The van der Waals surface area contributed by atoms with E-state index in [1.54, 1.807) is 6.07 Å². The predicted molar refractivity (Wildman–Crippen MR) is 65.0 cm³/mol. The summed E-state index contributed by atoms with van der Waals surface area (Å²) in [6.07, 6.45) is -1.53. The van der Waals surface area contributed by atoms with Crippen LogP contribution in [0.3, 0.4) is 0 Å². The van der Waals surface area contributed by atoms with Crippen LogP contribution in [0.1, 0.15) is 15.9 Å². The van der Waals surface area contributed by atoms with Gasteiger partial charge in [0.15, 0.2) is 0 Å². The van der Waals surface area contributed by atoms with Crippen molar-refractivity contribution in [2.45, 2.75) is 18.8 Å². The number of nitrogens with zero attached hydrogens (tertiary/aromatic N) is 1. The number of halogens is 1. The van der Waals surface area contributed by atoms with Crippen LogP contribution in [0.15, 0.2) is 18.2 Å². The summed E-state index contributed by atoms with van der Waals surface area (Å²) in [6, 6.07) is 4.27. The van der Waals surface area contributed by atoms with Gasteiger partial charge in [0.25, 0.3) is 0 Å². The standard InChI is InChI=1S/C13H16FNO4/c1-19-13(18)9-3-2-8(4-10(9)14)5-15-6-11(16)12(17)7-15/h2-4,11-12,16-17H,5-7H2,1H3. The smallest absolute Gasteiger partial charge is 0.340 e. The molecule has 1 aliphatic rings. The zero-order valence-corrected chi connectivity index (χ0v) is 10.5. The van der Waals surface area contributed by atoms with E-state index in [4.69, 9.17) is 0 Å². The third kappa shape index (κ3) is 3.09. The maximum atomic E-state index is 13.7. The van der Waals surface area contributed by atoms with Crippen LogP contribution >= 0.6 is 0 Å². The van der Waals surface area contributed by atoms with E-state index in [0.29, 0.717) is 25.2 Å². The van der Waals surface area contributed by atoms with Crippen molar-refractivity contribution in [1.29, 1.82) is 0 Å². The number of hydrogen-bond donors (Lipinski definition) is 2. The fourth-order valence-electron chi connectivity index (χ4n) is 2.17. The van der Waals surface area contributed by atoms with E-state index in [1.807, 2.05) is 4.90 Å². The fourth-order valence-corrected chi connectivity index (χ4v) is 2.17. The van der Waals surface area contributed by atoms with Gasteiger partial charge in [-0.25, -0.2) is 9.18 Å². The summed E-state index contributed by atoms with van der Waals surface area (Å²) in [5, 5.41) is 18.8. The van der Waals surface area contributed by atoms with Gasteiger partial charge < -0.3 is 14.9 Å². The van der Waals surface area contributed by atoms with Crippen LogP contribution in [-0.2, 0) is 11.3 Å². The molecular formula is C13H16FNO4. The molecule has 0 aliphatic carbocycles. The Morgan fingerprint density at radius 1 is 1.42 bits per heavy atom. The maximum absolute atomic E-state index is 13.7.